The summed E-state index contributed by atoms with van der Waals surface area (Å²) in [7, 11) is 0. The second kappa shape index (κ2) is 9.50. The second-order valence-electron chi connectivity index (χ2n) is 8.30. The van der Waals surface area contributed by atoms with Crippen molar-refractivity contribution in [3.05, 3.63) is 112 Å². The molecule has 0 aliphatic heterocycles. The van der Waals surface area contributed by atoms with Crippen LogP contribution in [0.1, 0.15) is 22.5 Å². The highest BCUT2D eigenvalue weighted by molar-refractivity contribution is 6.30. The molecular formula is C30H21ClN2O2. The number of hydrogen-bond donors (Lipinski definition) is 0. The molecule has 5 aromatic rings. The number of aliphatic imine (C=N–C) groups is 1. The molecule has 4 nitrogen and oxygen atoms in total. The summed E-state index contributed by atoms with van der Waals surface area (Å²) in [4.78, 5) is 4.51. The molecule has 0 aliphatic carbocycles. The van der Waals surface area contributed by atoms with E-state index in [1.54, 1.807) is 6.21 Å². The van der Waals surface area contributed by atoms with E-state index in [1.807, 2.05) is 98.8 Å². The number of aryl methyl sites for hydroxylation is 2. The van der Waals surface area contributed by atoms with E-state index in [0.29, 0.717) is 27.9 Å². The van der Waals surface area contributed by atoms with Crippen LogP contribution in [0.5, 0.6) is 0 Å². The Bertz CT molecular complexity index is 1550. The third kappa shape index (κ3) is 4.68. The van der Waals surface area contributed by atoms with Crippen molar-refractivity contribution in [2.24, 2.45) is 4.99 Å². The van der Waals surface area contributed by atoms with E-state index in [0.717, 1.165) is 33.4 Å². The van der Waals surface area contributed by atoms with E-state index in [1.165, 1.54) is 0 Å². The summed E-state index contributed by atoms with van der Waals surface area (Å²) in [6.07, 6.45) is 1.57. The first-order valence-corrected chi connectivity index (χ1v) is 11.5. The molecule has 0 saturated heterocycles. The lowest BCUT2D eigenvalue weighted by Gasteiger charge is -2.05. The summed E-state index contributed by atoms with van der Waals surface area (Å²) in [6, 6.07) is 29.5. The lowest BCUT2D eigenvalue weighted by molar-refractivity contribution is 0.572. The average Bonchev–Trinajstić information content (AvgIpc) is 3.49. The molecular weight excluding hydrogens is 456 g/mol. The molecule has 3 aromatic carbocycles. The van der Waals surface area contributed by atoms with Crippen molar-refractivity contribution in [1.29, 1.82) is 5.26 Å². The van der Waals surface area contributed by atoms with Gasteiger partial charge in [0.2, 0.25) is 5.88 Å². The molecule has 5 rings (SSSR count). The molecule has 0 unspecified atom stereocenters. The maximum atomic E-state index is 10.1. The highest BCUT2D eigenvalue weighted by Gasteiger charge is 2.23. The Morgan fingerprint density at radius 2 is 1.34 bits per heavy atom. The lowest BCUT2D eigenvalue weighted by Crippen LogP contribution is -1.85. The Balaban J connectivity index is 1.56. The minimum atomic E-state index is 0.239. The van der Waals surface area contributed by atoms with Gasteiger partial charge >= 0.3 is 0 Å². The van der Waals surface area contributed by atoms with Crippen molar-refractivity contribution in [1.82, 2.24) is 0 Å². The van der Waals surface area contributed by atoms with Gasteiger partial charge in [0, 0.05) is 21.7 Å². The summed E-state index contributed by atoms with van der Waals surface area (Å²) in [5.41, 5.74) is 6.08. The molecule has 0 aliphatic rings. The molecule has 0 amide bonds. The number of rotatable bonds is 5. The summed E-state index contributed by atoms with van der Waals surface area (Å²) < 4.78 is 12.1. The summed E-state index contributed by atoms with van der Waals surface area (Å²) in [5.74, 6) is 2.09. The first kappa shape index (κ1) is 22.5. The Labute approximate surface area is 208 Å². The highest BCUT2D eigenvalue weighted by Crippen LogP contribution is 2.42. The van der Waals surface area contributed by atoms with Crippen molar-refractivity contribution >= 4 is 23.7 Å². The second-order valence-corrected chi connectivity index (χ2v) is 8.73. The van der Waals surface area contributed by atoms with Crippen LogP contribution in [0, 0.1) is 25.2 Å². The van der Waals surface area contributed by atoms with E-state index in [-0.39, 0.29) is 5.88 Å². The first-order valence-electron chi connectivity index (χ1n) is 11.1. The number of benzene rings is 3. The summed E-state index contributed by atoms with van der Waals surface area (Å²) >= 11 is 5.98. The van der Waals surface area contributed by atoms with Gasteiger partial charge in [0.25, 0.3) is 0 Å². The third-order valence-corrected chi connectivity index (χ3v) is 5.97. The van der Waals surface area contributed by atoms with Gasteiger partial charge in [0.15, 0.2) is 0 Å². The van der Waals surface area contributed by atoms with Gasteiger partial charge in [0.05, 0.1) is 6.21 Å². The van der Waals surface area contributed by atoms with Gasteiger partial charge in [-0.2, -0.15) is 5.26 Å². The van der Waals surface area contributed by atoms with Crippen LogP contribution in [-0.2, 0) is 0 Å². The summed E-state index contributed by atoms with van der Waals surface area (Å²) in [6.45, 7) is 4.06. The Hall–Kier alpha value is -4.33. The van der Waals surface area contributed by atoms with Gasteiger partial charge < -0.3 is 8.83 Å². The fraction of sp³-hybridized carbons (Fsp3) is 0.0667. The largest absolute Gasteiger partial charge is 0.455 e. The van der Waals surface area contributed by atoms with E-state index in [9.17, 15) is 5.26 Å². The maximum Gasteiger partial charge on any atom is 0.238 e. The molecule has 0 N–H and O–H groups in total. The van der Waals surface area contributed by atoms with Crippen LogP contribution in [0.15, 0.2) is 98.8 Å². The predicted molar refractivity (Wildman–Crippen MR) is 140 cm³/mol. The molecule has 5 heteroatoms. The van der Waals surface area contributed by atoms with Crippen molar-refractivity contribution in [2.75, 3.05) is 0 Å². The van der Waals surface area contributed by atoms with Crippen LogP contribution < -0.4 is 0 Å². The normalized spacial score (nSPS) is 11.1. The van der Waals surface area contributed by atoms with Crippen molar-refractivity contribution in [3.63, 3.8) is 0 Å². The van der Waals surface area contributed by atoms with Crippen LogP contribution >= 0.6 is 11.6 Å². The van der Waals surface area contributed by atoms with Crippen molar-refractivity contribution < 1.29 is 8.83 Å². The van der Waals surface area contributed by atoms with Crippen LogP contribution in [0.4, 0.5) is 5.88 Å². The SMILES string of the molecule is Cc1ccc(-c2oc(N=Cc3ccc(-c4ccc(Cl)cc4)o3)c(C#N)c2-c2ccc(C)cc2)cc1. The zero-order chi connectivity index (χ0) is 24.4. The minimum Gasteiger partial charge on any atom is -0.455 e. The molecule has 0 fully saturated rings. The molecule has 170 valence electrons. The molecule has 0 saturated carbocycles. The van der Waals surface area contributed by atoms with Gasteiger partial charge in [-0.05, 0) is 55.8 Å². The molecule has 0 radical (unpaired) electrons. The molecule has 0 spiro atoms. The molecule has 0 atom stereocenters. The number of furan rings is 2. The van der Waals surface area contributed by atoms with Gasteiger partial charge in [-0.1, -0.05) is 71.3 Å². The zero-order valence-corrected chi connectivity index (χ0v) is 20.0. The Morgan fingerprint density at radius 3 is 1.97 bits per heavy atom. The monoisotopic (exact) mass is 476 g/mol. The molecule has 0 bridgehead atoms. The fourth-order valence-corrected chi connectivity index (χ4v) is 3.96. The van der Waals surface area contributed by atoms with Crippen molar-refractivity contribution in [3.8, 4) is 39.8 Å². The highest BCUT2D eigenvalue weighted by atomic mass is 35.5. The van der Waals surface area contributed by atoms with Crippen LogP contribution in [-0.4, -0.2) is 6.21 Å². The van der Waals surface area contributed by atoms with Crippen LogP contribution in [0.25, 0.3) is 33.8 Å². The minimum absolute atomic E-state index is 0.239. The van der Waals surface area contributed by atoms with Gasteiger partial charge in [-0.25, -0.2) is 4.99 Å². The molecule has 2 aromatic heterocycles. The number of halogens is 1. The number of hydrogen-bond acceptors (Lipinski definition) is 4. The van der Waals surface area contributed by atoms with Crippen LogP contribution in [0.2, 0.25) is 5.02 Å². The van der Waals surface area contributed by atoms with E-state index in [2.05, 4.69) is 11.1 Å². The smallest absolute Gasteiger partial charge is 0.238 e. The van der Waals surface area contributed by atoms with Gasteiger partial charge in [-0.3, -0.25) is 0 Å². The average molecular weight is 477 g/mol. The molecule has 2 heterocycles. The van der Waals surface area contributed by atoms with Crippen molar-refractivity contribution in [2.45, 2.75) is 13.8 Å². The van der Waals surface area contributed by atoms with E-state index < -0.39 is 0 Å². The third-order valence-electron chi connectivity index (χ3n) is 5.72. The van der Waals surface area contributed by atoms with Gasteiger partial charge in [0.1, 0.15) is 28.9 Å². The number of nitriles is 1. The molecule has 35 heavy (non-hydrogen) atoms. The predicted octanol–water partition coefficient (Wildman–Crippen LogP) is 8.77. The fourth-order valence-electron chi connectivity index (χ4n) is 3.83. The Morgan fingerprint density at radius 1 is 0.743 bits per heavy atom. The standard InChI is InChI=1S/C30H21ClN2O2/c1-19-3-7-22(8-4-19)28-26(17-32)30(35-29(28)23-9-5-20(2)6-10-23)33-18-25-15-16-27(34-25)21-11-13-24(31)14-12-21/h3-16,18H,1-2H3. The number of nitrogens with zero attached hydrogens (tertiary/aromatic N) is 2. The zero-order valence-electron chi connectivity index (χ0n) is 19.2. The first-order chi connectivity index (χ1) is 17.0. The van der Waals surface area contributed by atoms with Crippen LogP contribution in [0.3, 0.4) is 0 Å². The topological polar surface area (TPSA) is 62.4 Å². The van der Waals surface area contributed by atoms with E-state index >= 15 is 0 Å². The van der Waals surface area contributed by atoms with E-state index in [4.69, 9.17) is 20.4 Å². The quantitative estimate of drug-likeness (QED) is 0.238. The lowest BCUT2D eigenvalue weighted by atomic mass is 9.97. The maximum absolute atomic E-state index is 10.1. The summed E-state index contributed by atoms with van der Waals surface area (Å²) in [5, 5.41) is 10.7. The van der Waals surface area contributed by atoms with Gasteiger partial charge in [-0.15, -0.1) is 0 Å². The Kier molecular flexibility index (Phi) is 6.10.